The van der Waals surface area contributed by atoms with E-state index in [2.05, 4.69) is 5.92 Å². The average Bonchev–Trinajstić information content (AvgIpc) is 2.10. The number of methoxy groups -OCH3 is 1. The van der Waals surface area contributed by atoms with Gasteiger partial charge in [-0.3, -0.25) is 0 Å². The summed E-state index contributed by atoms with van der Waals surface area (Å²) in [6.07, 6.45) is 5.70. The Labute approximate surface area is 74.0 Å². The van der Waals surface area contributed by atoms with Gasteiger partial charge in [0.25, 0.3) is 0 Å². The first-order chi connectivity index (χ1) is 5.91. The first-order valence-corrected chi connectivity index (χ1v) is 3.99. The summed E-state index contributed by atoms with van der Waals surface area (Å²) in [6, 6.07) is 0. The number of rotatable bonds is 8. The summed E-state index contributed by atoms with van der Waals surface area (Å²) in [5.74, 6) is 2.49. The first-order valence-electron chi connectivity index (χ1n) is 3.99. The lowest BCUT2D eigenvalue weighted by molar-refractivity contribution is 0.0262. The average molecular weight is 172 g/mol. The van der Waals surface area contributed by atoms with E-state index in [0.717, 1.165) is 0 Å². The predicted molar refractivity (Wildman–Crippen MR) is 47.0 cm³/mol. The molecule has 0 aromatic carbocycles. The van der Waals surface area contributed by atoms with E-state index < -0.39 is 0 Å². The highest BCUT2D eigenvalue weighted by Crippen LogP contribution is 1.81. The van der Waals surface area contributed by atoms with Crippen LogP contribution in [0.3, 0.4) is 0 Å². The van der Waals surface area contributed by atoms with E-state index in [1.165, 1.54) is 0 Å². The van der Waals surface area contributed by atoms with Crippen LogP contribution in [-0.4, -0.2) is 40.1 Å². The van der Waals surface area contributed by atoms with Gasteiger partial charge in [0.1, 0.15) is 0 Å². The van der Waals surface area contributed by atoms with Crippen molar-refractivity contribution in [2.24, 2.45) is 0 Å². The Morgan fingerprint density at radius 3 is 2.17 bits per heavy atom. The maximum Gasteiger partial charge on any atom is 0.0701 e. The fraction of sp³-hybridized carbons (Fsp3) is 0.778. The summed E-state index contributed by atoms with van der Waals surface area (Å²) in [7, 11) is 1.65. The lowest BCUT2D eigenvalue weighted by atomic mass is 10.5. The Morgan fingerprint density at radius 1 is 1.00 bits per heavy atom. The van der Waals surface area contributed by atoms with Crippen LogP contribution in [0.25, 0.3) is 0 Å². The molecular formula is C9H16O3. The quantitative estimate of drug-likeness (QED) is 0.398. The van der Waals surface area contributed by atoms with Crippen LogP contribution in [0.1, 0.15) is 6.42 Å². The monoisotopic (exact) mass is 172 g/mol. The summed E-state index contributed by atoms with van der Waals surface area (Å²) in [4.78, 5) is 0. The molecule has 0 atom stereocenters. The Morgan fingerprint density at radius 2 is 1.58 bits per heavy atom. The summed E-state index contributed by atoms with van der Waals surface area (Å²) in [5, 5.41) is 0. The van der Waals surface area contributed by atoms with Gasteiger partial charge in [0, 0.05) is 13.5 Å². The van der Waals surface area contributed by atoms with Crippen molar-refractivity contribution in [2.45, 2.75) is 6.42 Å². The third kappa shape index (κ3) is 9.44. The summed E-state index contributed by atoms with van der Waals surface area (Å²) < 4.78 is 15.1. The van der Waals surface area contributed by atoms with Gasteiger partial charge in [-0.15, -0.1) is 12.3 Å². The van der Waals surface area contributed by atoms with Crippen LogP contribution in [0.5, 0.6) is 0 Å². The van der Waals surface area contributed by atoms with Gasteiger partial charge in [-0.25, -0.2) is 0 Å². The first kappa shape index (κ1) is 11.4. The van der Waals surface area contributed by atoms with Crippen molar-refractivity contribution in [3.8, 4) is 12.3 Å². The van der Waals surface area contributed by atoms with Gasteiger partial charge in [-0.2, -0.15) is 0 Å². The fourth-order valence-corrected chi connectivity index (χ4v) is 0.595. The third-order valence-corrected chi connectivity index (χ3v) is 1.19. The van der Waals surface area contributed by atoms with Gasteiger partial charge in [-0.1, -0.05) is 0 Å². The molecular weight excluding hydrogens is 156 g/mol. The molecule has 70 valence electrons. The lowest BCUT2D eigenvalue weighted by Gasteiger charge is -2.03. The highest BCUT2D eigenvalue weighted by molar-refractivity contribution is 4.82. The third-order valence-electron chi connectivity index (χ3n) is 1.19. The van der Waals surface area contributed by atoms with Crippen LogP contribution in [0.4, 0.5) is 0 Å². The van der Waals surface area contributed by atoms with Crippen LogP contribution < -0.4 is 0 Å². The van der Waals surface area contributed by atoms with Gasteiger partial charge < -0.3 is 14.2 Å². The highest BCUT2D eigenvalue weighted by atomic mass is 16.5. The SMILES string of the molecule is C#CCCOCCOCCOC. The topological polar surface area (TPSA) is 27.7 Å². The molecule has 0 rings (SSSR count). The molecule has 0 aliphatic heterocycles. The molecule has 3 nitrogen and oxygen atoms in total. The van der Waals surface area contributed by atoms with Crippen LogP contribution in [0, 0.1) is 12.3 Å². The molecule has 0 saturated heterocycles. The zero-order valence-electron chi connectivity index (χ0n) is 7.54. The van der Waals surface area contributed by atoms with Crippen LogP contribution in [-0.2, 0) is 14.2 Å². The van der Waals surface area contributed by atoms with Crippen molar-refractivity contribution in [1.82, 2.24) is 0 Å². The number of ether oxygens (including phenoxy) is 3. The van der Waals surface area contributed by atoms with E-state index in [1.54, 1.807) is 7.11 Å². The molecule has 0 unspecified atom stereocenters. The number of terminal acetylenes is 1. The van der Waals surface area contributed by atoms with Gasteiger partial charge in [0.05, 0.1) is 33.0 Å². The molecule has 0 radical (unpaired) electrons. The van der Waals surface area contributed by atoms with Crippen molar-refractivity contribution in [3.63, 3.8) is 0 Å². The van der Waals surface area contributed by atoms with Crippen molar-refractivity contribution < 1.29 is 14.2 Å². The van der Waals surface area contributed by atoms with Crippen molar-refractivity contribution in [3.05, 3.63) is 0 Å². The molecule has 0 aliphatic rings. The summed E-state index contributed by atoms with van der Waals surface area (Å²) >= 11 is 0. The molecule has 0 fully saturated rings. The zero-order chi connectivity index (χ0) is 9.07. The van der Waals surface area contributed by atoms with Gasteiger partial charge >= 0.3 is 0 Å². The minimum Gasteiger partial charge on any atom is -0.382 e. The standard InChI is InChI=1S/C9H16O3/c1-3-4-5-11-8-9-12-7-6-10-2/h1H,4-9H2,2H3. The number of hydrogen-bond acceptors (Lipinski definition) is 3. The minimum atomic E-state index is 0.603. The van der Waals surface area contributed by atoms with Gasteiger partial charge in [-0.05, 0) is 0 Å². The summed E-state index contributed by atoms with van der Waals surface area (Å²) in [5.41, 5.74) is 0. The molecule has 0 aliphatic carbocycles. The Balaban J connectivity index is 2.78. The van der Waals surface area contributed by atoms with Crippen LogP contribution >= 0.6 is 0 Å². The predicted octanol–water partition coefficient (Wildman–Crippen LogP) is 0.689. The number of hydrogen-bond donors (Lipinski definition) is 0. The molecule has 0 spiro atoms. The van der Waals surface area contributed by atoms with Crippen molar-refractivity contribution >= 4 is 0 Å². The van der Waals surface area contributed by atoms with Crippen molar-refractivity contribution in [2.75, 3.05) is 40.1 Å². The van der Waals surface area contributed by atoms with E-state index in [4.69, 9.17) is 20.6 Å². The van der Waals surface area contributed by atoms with E-state index in [9.17, 15) is 0 Å². The Bertz CT molecular complexity index is 117. The molecule has 0 bridgehead atoms. The maximum absolute atomic E-state index is 5.15. The Hall–Kier alpha value is -0.560. The normalized spacial score (nSPS) is 9.67. The molecule has 3 heteroatoms. The second-order valence-corrected chi connectivity index (χ2v) is 2.17. The van der Waals surface area contributed by atoms with Crippen LogP contribution in [0.2, 0.25) is 0 Å². The van der Waals surface area contributed by atoms with E-state index >= 15 is 0 Å². The van der Waals surface area contributed by atoms with E-state index in [0.29, 0.717) is 39.5 Å². The van der Waals surface area contributed by atoms with Crippen LogP contribution in [0.15, 0.2) is 0 Å². The minimum absolute atomic E-state index is 0.603. The molecule has 0 amide bonds. The largest absolute Gasteiger partial charge is 0.382 e. The molecule has 0 heterocycles. The summed E-state index contributed by atoms with van der Waals surface area (Å²) in [6.45, 7) is 3.07. The molecule has 0 aromatic rings. The molecule has 0 aromatic heterocycles. The van der Waals surface area contributed by atoms with Gasteiger partial charge in [0.2, 0.25) is 0 Å². The fourth-order valence-electron chi connectivity index (χ4n) is 0.595. The second kappa shape index (κ2) is 10.4. The second-order valence-electron chi connectivity index (χ2n) is 2.17. The molecule has 12 heavy (non-hydrogen) atoms. The van der Waals surface area contributed by atoms with Crippen molar-refractivity contribution in [1.29, 1.82) is 0 Å². The zero-order valence-corrected chi connectivity index (χ0v) is 7.54. The lowest BCUT2D eigenvalue weighted by Crippen LogP contribution is -2.08. The van der Waals surface area contributed by atoms with E-state index in [1.807, 2.05) is 0 Å². The molecule has 0 saturated carbocycles. The van der Waals surface area contributed by atoms with Gasteiger partial charge in [0.15, 0.2) is 0 Å². The highest BCUT2D eigenvalue weighted by Gasteiger charge is 1.88. The molecule has 0 N–H and O–H groups in total. The Kier molecular flexibility index (Phi) is 9.95. The van der Waals surface area contributed by atoms with E-state index in [-0.39, 0.29) is 0 Å². The maximum atomic E-state index is 5.15. The smallest absolute Gasteiger partial charge is 0.0701 e.